The van der Waals surface area contributed by atoms with Gasteiger partial charge < -0.3 is 15.3 Å². The summed E-state index contributed by atoms with van der Waals surface area (Å²) in [5, 5.41) is 12.5. The van der Waals surface area contributed by atoms with Crippen molar-refractivity contribution in [2.45, 2.75) is 38.7 Å². The van der Waals surface area contributed by atoms with Crippen LogP contribution in [0.3, 0.4) is 0 Å². The molecule has 1 atom stereocenters. The molecule has 4 rings (SSSR count). The number of rotatable bonds is 5. The van der Waals surface area contributed by atoms with Crippen LogP contribution < -0.4 is 15.8 Å². The van der Waals surface area contributed by atoms with Crippen molar-refractivity contribution in [3.8, 4) is 0 Å². The summed E-state index contributed by atoms with van der Waals surface area (Å²) in [6, 6.07) is 7.95. The van der Waals surface area contributed by atoms with Crippen molar-refractivity contribution >= 4 is 34.7 Å². The van der Waals surface area contributed by atoms with E-state index >= 15 is 0 Å². The number of aromatic carboxylic acids is 1. The molecule has 0 radical (unpaired) electrons. The van der Waals surface area contributed by atoms with Gasteiger partial charge in [-0.3, -0.25) is 9.20 Å². The largest absolute Gasteiger partial charge is 0.478 e. The van der Waals surface area contributed by atoms with Gasteiger partial charge in [-0.15, -0.1) is 0 Å². The number of benzene rings is 1. The second kappa shape index (κ2) is 8.62. The first-order chi connectivity index (χ1) is 15.6. The van der Waals surface area contributed by atoms with Crippen LogP contribution in [0.4, 0.5) is 20.3 Å². The number of pyridine rings is 1. The number of carbonyl (C=O) groups is 1. The zero-order valence-electron chi connectivity index (χ0n) is 18.1. The lowest BCUT2D eigenvalue weighted by Gasteiger charge is -2.33. The highest BCUT2D eigenvalue weighted by atomic mass is 35.5. The summed E-state index contributed by atoms with van der Waals surface area (Å²) in [4.78, 5) is 30.9. The van der Waals surface area contributed by atoms with Crippen molar-refractivity contribution in [1.82, 2.24) is 9.38 Å². The third-order valence-electron chi connectivity index (χ3n) is 5.81. The van der Waals surface area contributed by atoms with Gasteiger partial charge in [-0.2, -0.15) is 0 Å². The summed E-state index contributed by atoms with van der Waals surface area (Å²) in [6.45, 7) is 3.73. The van der Waals surface area contributed by atoms with Crippen LogP contribution in [0.5, 0.6) is 0 Å². The number of carboxylic acid groups (broad SMARTS) is 1. The average molecular weight is 477 g/mol. The summed E-state index contributed by atoms with van der Waals surface area (Å²) in [6.07, 6.45) is 0.941. The Hall–Kier alpha value is -3.20. The molecule has 1 saturated heterocycles. The fourth-order valence-corrected chi connectivity index (χ4v) is 4.31. The smallest absolute Gasteiger partial charge is 0.337 e. The molecule has 0 aliphatic carbocycles. The molecule has 3 aromatic rings. The Balaban J connectivity index is 1.80. The van der Waals surface area contributed by atoms with Crippen LogP contribution >= 0.6 is 11.6 Å². The number of para-hydroxylation sites is 1. The molecule has 2 N–H and O–H groups in total. The molecule has 0 bridgehead atoms. The van der Waals surface area contributed by atoms with E-state index in [2.05, 4.69) is 10.3 Å². The molecule has 3 heterocycles. The summed E-state index contributed by atoms with van der Waals surface area (Å²) in [5.74, 6) is -3.63. The zero-order chi connectivity index (χ0) is 23.9. The first-order valence-electron chi connectivity index (χ1n) is 10.5. The monoisotopic (exact) mass is 476 g/mol. The lowest BCUT2D eigenvalue weighted by atomic mass is 10.1. The van der Waals surface area contributed by atoms with Crippen LogP contribution in [-0.4, -0.2) is 39.5 Å². The van der Waals surface area contributed by atoms with Gasteiger partial charge in [-0.05, 0) is 37.6 Å². The van der Waals surface area contributed by atoms with Crippen LogP contribution in [0.1, 0.15) is 47.3 Å². The molecule has 33 heavy (non-hydrogen) atoms. The van der Waals surface area contributed by atoms with Crippen molar-refractivity contribution in [2.24, 2.45) is 0 Å². The fraction of sp³-hybridized carbons (Fsp3) is 0.348. The third-order valence-corrected chi connectivity index (χ3v) is 6.14. The van der Waals surface area contributed by atoms with Crippen LogP contribution in [0.2, 0.25) is 5.02 Å². The standard InChI is InChI=1S/C23H23ClF2N4O3/c1-13-11-16(14(2)27-17-6-4-3-5-15(17)22(32)33)19-28-20(18(24)21(31)30(19)12-13)29-9-7-23(25,26)8-10-29/h3-6,11-12,14,27H,7-10H2,1-2H3,(H,32,33)/t14-/m1/s1. The Morgan fingerprint density at radius 2 is 1.94 bits per heavy atom. The van der Waals surface area contributed by atoms with E-state index in [0.717, 1.165) is 5.56 Å². The van der Waals surface area contributed by atoms with Crippen LogP contribution in [0.25, 0.3) is 5.65 Å². The SMILES string of the molecule is Cc1cc([C@@H](C)Nc2ccccc2C(=O)O)c2nc(N3CCC(F)(F)CC3)c(Cl)c(=O)n2c1. The second-order valence-corrected chi connectivity index (χ2v) is 8.66. The maximum Gasteiger partial charge on any atom is 0.337 e. The highest BCUT2D eigenvalue weighted by Gasteiger charge is 2.35. The van der Waals surface area contributed by atoms with Crippen LogP contribution in [0, 0.1) is 6.92 Å². The molecule has 0 amide bonds. The number of hydrogen-bond donors (Lipinski definition) is 2. The van der Waals surface area contributed by atoms with E-state index < -0.39 is 23.5 Å². The van der Waals surface area contributed by atoms with Crippen molar-refractivity contribution in [2.75, 3.05) is 23.3 Å². The van der Waals surface area contributed by atoms with E-state index in [4.69, 9.17) is 11.6 Å². The number of halogens is 3. The van der Waals surface area contributed by atoms with Gasteiger partial charge in [0.15, 0.2) is 5.82 Å². The summed E-state index contributed by atoms with van der Waals surface area (Å²) in [7, 11) is 0. The molecule has 1 aliphatic rings. The minimum absolute atomic E-state index is 0.0380. The average Bonchev–Trinajstić information content (AvgIpc) is 2.76. The normalized spacial score (nSPS) is 16.6. The zero-order valence-corrected chi connectivity index (χ0v) is 18.9. The lowest BCUT2D eigenvalue weighted by molar-refractivity contribution is -0.0221. The number of aromatic nitrogens is 2. The predicted molar refractivity (Wildman–Crippen MR) is 123 cm³/mol. The molecule has 7 nitrogen and oxygen atoms in total. The summed E-state index contributed by atoms with van der Waals surface area (Å²) in [5.41, 5.74) is 1.80. The van der Waals surface area contributed by atoms with Gasteiger partial charge in [-0.1, -0.05) is 23.7 Å². The number of anilines is 2. The number of fused-ring (bicyclic) bond motifs is 1. The predicted octanol–water partition coefficient (Wildman–Crippen LogP) is 4.76. The summed E-state index contributed by atoms with van der Waals surface area (Å²) >= 11 is 6.34. The number of aryl methyl sites for hydroxylation is 1. The topological polar surface area (TPSA) is 86.9 Å². The van der Waals surface area contributed by atoms with Gasteiger partial charge in [0.2, 0.25) is 0 Å². The Labute approximate surface area is 193 Å². The van der Waals surface area contributed by atoms with Crippen molar-refractivity contribution < 1.29 is 18.7 Å². The number of carboxylic acids is 1. The van der Waals surface area contributed by atoms with E-state index in [0.29, 0.717) is 16.9 Å². The highest BCUT2D eigenvalue weighted by Crippen LogP contribution is 2.33. The molecular weight excluding hydrogens is 454 g/mol. The lowest BCUT2D eigenvalue weighted by Crippen LogP contribution is -2.40. The minimum atomic E-state index is -2.74. The molecule has 1 aromatic carbocycles. The Kier molecular flexibility index (Phi) is 6.00. The second-order valence-electron chi connectivity index (χ2n) is 8.28. The number of nitrogens with zero attached hydrogens (tertiary/aromatic N) is 3. The first kappa shape index (κ1) is 23.0. The molecule has 1 fully saturated rings. The Morgan fingerprint density at radius 3 is 2.61 bits per heavy atom. The molecule has 174 valence electrons. The van der Waals surface area contributed by atoms with E-state index in [9.17, 15) is 23.5 Å². The molecule has 2 aromatic heterocycles. The van der Waals surface area contributed by atoms with Gasteiger partial charge in [0.1, 0.15) is 10.7 Å². The van der Waals surface area contributed by atoms with Gasteiger partial charge in [0, 0.05) is 43.4 Å². The van der Waals surface area contributed by atoms with E-state index in [1.54, 1.807) is 29.3 Å². The molecule has 0 saturated carbocycles. The quantitative estimate of drug-likeness (QED) is 0.552. The Bertz CT molecular complexity index is 1280. The molecule has 10 heteroatoms. The van der Waals surface area contributed by atoms with Crippen molar-refractivity contribution in [3.63, 3.8) is 0 Å². The van der Waals surface area contributed by atoms with E-state index in [1.165, 1.54) is 10.5 Å². The van der Waals surface area contributed by atoms with Gasteiger partial charge in [0.25, 0.3) is 11.5 Å². The molecule has 0 spiro atoms. The Morgan fingerprint density at radius 1 is 1.27 bits per heavy atom. The summed E-state index contributed by atoms with van der Waals surface area (Å²) < 4.78 is 28.6. The van der Waals surface area contributed by atoms with Crippen LogP contribution in [-0.2, 0) is 0 Å². The van der Waals surface area contributed by atoms with Gasteiger partial charge in [0.05, 0.1) is 11.6 Å². The van der Waals surface area contributed by atoms with Gasteiger partial charge in [-0.25, -0.2) is 18.6 Å². The molecule has 0 unspecified atom stereocenters. The van der Waals surface area contributed by atoms with Crippen molar-refractivity contribution in [1.29, 1.82) is 0 Å². The number of nitrogens with one attached hydrogen (secondary N) is 1. The fourth-order valence-electron chi connectivity index (χ4n) is 4.06. The highest BCUT2D eigenvalue weighted by molar-refractivity contribution is 6.32. The minimum Gasteiger partial charge on any atom is -0.478 e. The number of hydrogen-bond acceptors (Lipinski definition) is 5. The molecular formula is C23H23ClF2N4O3. The number of piperidine rings is 1. The maximum absolute atomic E-state index is 13.6. The number of alkyl halides is 2. The van der Waals surface area contributed by atoms with E-state index in [1.807, 2.05) is 19.9 Å². The van der Waals surface area contributed by atoms with Crippen LogP contribution in [0.15, 0.2) is 41.3 Å². The third kappa shape index (κ3) is 4.50. The van der Waals surface area contributed by atoms with E-state index in [-0.39, 0.29) is 42.3 Å². The first-order valence-corrected chi connectivity index (χ1v) is 10.9. The van der Waals surface area contributed by atoms with Crippen molar-refractivity contribution in [3.05, 3.63) is 68.6 Å². The maximum atomic E-state index is 13.6. The molecule has 1 aliphatic heterocycles. The van der Waals surface area contributed by atoms with Gasteiger partial charge >= 0.3 is 5.97 Å².